The van der Waals surface area contributed by atoms with Gasteiger partial charge in [0.25, 0.3) is 0 Å². The summed E-state index contributed by atoms with van der Waals surface area (Å²) in [7, 11) is -3.93. The molecule has 0 bridgehead atoms. The molecule has 0 N–H and O–H groups in total. The Balaban J connectivity index is 0.000000462. The lowest BCUT2D eigenvalue weighted by Gasteiger charge is -2.07. The van der Waals surface area contributed by atoms with Crippen molar-refractivity contribution in [2.24, 2.45) is 0 Å². The first-order chi connectivity index (χ1) is 11.4. The summed E-state index contributed by atoms with van der Waals surface area (Å²) in [5, 5.41) is 0. The van der Waals surface area contributed by atoms with Gasteiger partial charge in [-0.2, -0.15) is 0 Å². The SMILES string of the molecule is CS(=O)(=O)[O-].F.c1ccc([S+](c2ccccc2)c2ccccc2)cc1. The predicted octanol–water partition coefficient (Wildman–Crippen LogP) is 4.10. The van der Waals surface area contributed by atoms with Crippen LogP contribution in [0.5, 0.6) is 0 Å². The fraction of sp³-hybridized carbons (Fsp3) is 0.0526. The lowest BCUT2D eigenvalue weighted by atomic mass is 10.4. The van der Waals surface area contributed by atoms with E-state index in [1.54, 1.807) is 0 Å². The normalized spacial score (nSPS) is 10.4. The molecule has 0 fully saturated rings. The van der Waals surface area contributed by atoms with E-state index in [0.717, 1.165) is 0 Å². The zero-order chi connectivity index (χ0) is 17.4. The summed E-state index contributed by atoms with van der Waals surface area (Å²) in [5.41, 5.74) is 0. The fourth-order valence-corrected chi connectivity index (χ4v) is 4.18. The molecule has 0 radical (unpaired) electrons. The fourth-order valence-electron chi connectivity index (χ4n) is 2.08. The van der Waals surface area contributed by atoms with Gasteiger partial charge in [-0.05, 0) is 36.4 Å². The molecule has 0 atom stereocenters. The highest BCUT2D eigenvalue weighted by atomic mass is 32.2. The van der Waals surface area contributed by atoms with Crippen molar-refractivity contribution in [2.45, 2.75) is 14.7 Å². The topological polar surface area (TPSA) is 57.2 Å². The van der Waals surface area contributed by atoms with E-state index in [9.17, 15) is 0 Å². The molecule has 3 aromatic rings. The third-order valence-electron chi connectivity index (χ3n) is 2.94. The molecular formula is C19H19FO3S2. The Morgan fingerprint density at radius 3 is 1.04 bits per heavy atom. The standard InChI is InChI=1S/C18H15S.CH4O3S.FH/c1-4-10-16(11-5-1)19(17-12-6-2-7-13-17)18-14-8-3-9-15-18;1-5(2,3)4;/h1-15H;1H3,(H,2,3,4);1H/q+1;;/p-1. The second-order valence-corrected chi connectivity index (χ2v) is 8.38. The average Bonchev–Trinajstić information content (AvgIpc) is 2.57. The van der Waals surface area contributed by atoms with Crippen LogP contribution in [0.3, 0.4) is 0 Å². The van der Waals surface area contributed by atoms with E-state index in [4.69, 9.17) is 13.0 Å². The van der Waals surface area contributed by atoms with E-state index in [0.29, 0.717) is 6.26 Å². The lowest BCUT2D eigenvalue weighted by molar-refractivity contribution is 0.470. The summed E-state index contributed by atoms with van der Waals surface area (Å²) in [6, 6.07) is 32.2. The Kier molecular flexibility index (Phi) is 8.34. The van der Waals surface area contributed by atoms with Gasteiger partial charge in [0, 0.05) is 6.26 Å². The van der Waals surface area contributed by atoms with Gasteiger partial charge in [-0.3, -0.25) is 4.70 Å². The van der Waals surface area contributed by atoms with Crippen molar-refractivity contribution in [1.82, 2.24) is 0 Å². The molecule has 132 valence electrons. The van der Waals surface area contributed by atoms with Gasteiger partial charge in [0.1, 0.15) is 0 Å². The van der Waals surface area contributed by atoms with Crippen molar-refractivity contribution < 1.29 is 17.7 Å². The minimum absolute atomic E-state index is 0. The molecule has 0 aromatic heterocycles. The smallest absolute Gasteiger partial charge is 0.166 e. The summed E-state index contributed by atoms with van der Waals surface area (Å²) in [6.07, 6.45) is 0.604. The Hall–Kier alpha value is -2.15. The summed E-state index contributed by atoms with van der Waals surface area (Å²) in [5.74, 6) is 0. The zero-order valence-electron chi connectivity index (χ0n) is 13.6. The van der Waals surface area contributed by atoms with Crippen molar-refractivity contribution in [3.63, 3.8) is 0 Å². The van der Waals surface area contributed by atoms with Gasteiger partial charge in [-0.25, -0.2) is 8.42 Å². The minimum atomic E-state index is -3.92. The Bertz CT molecular complexity index is 738. The number of rotatable bonds is 3. The highest BCUT2D eigenvalue weighted by Crippen LogP contribution is 2.30. The summed E-state index contributed by atoms with van der Waals surface area (Å²) >= 11 is 0. The molecule has 0 saturated heterocycles. The first kappa shape index (κ1) is 20.9. The van der Waals surface area contributed by atoms with Gasteiger partial charge >= 0.3 is 0 Å². The molecule has 0 unspecified atom stereocenters. The average molecular weight is 378 g/mol. The third kappa shape index (κ3) is 7.51. The molecule has 0 aliphatic rings. The third-order valence-corrected chi connectivity index (χ3v) is 5.17. The van der Waals surface area contributed by atoms with Gasteiger partial charge < -0.3 is 4.55 Å². The summed E-state index contributed by atoms with van der Waals surface area (Å²) in [4.78, 5) is 4.08. The molecule has 0 aliphatic heterocycles. The zero-order valence-corrected chi connectivity index (χ0v) is 15.2. The van der Waals surface area contributed by atoms with E-state index in [-0.39, 0.29) is 15.6 Å². The van der Waals surface area contributed by atoms with Crippen LogP contribution in [0.25, 0.3) is 0 Å². The number of benzene rings is 3. The number of halogens is 1. The molecule has 0 aliphatic carbocycles. The van der Waals surface area contributed by atoms with Crippen molar-refractivity contribution in [2.75, 3.05) is 6.26 Å². The Labute approximate surface area is 150 Å². The monoisotopic (exact) mass is 378 g/mol. The van der Waals surface area contributed by atoms with Gasteiger partial charge in [0.2, 0.25) is 0 Å². The highest BCUT2D eigenvalue weighted by Gasteiger charge is 2.27. The Morgan fingerprint density at radius 2 is 0.840 bits per heavy atom. The van der Waals surface area contributed by atoms with Gasteiger partial charge in [-0.15, -0.1) is 0 Å². The van der Waals surface area contributed by atoms with E-state index >= 15 is 0 Å². The van der Waals surface area contributed by atoms with Gasteiger partial charge in [-0.1, -0.05) is 54.6 Å². The van der Waals surface area contributed by atoms with Crippen LogP contribution in [0.4, 0.5) is 4.70 Å². The van der Waals surface area contributed by atoms with Crippen molar-refractivity contribution in [1.29, 1.82) is 0 Å². The van der Waals surface area contributed by atoms with Crippen LogP contribution in [0.15, 0.2) is 106 Å². The van der Waals surface area contributed by atoms with Crippen molar-refractivity contribution in [3.8, 4) is 0 Å². The van der Waals surface area contributed by atoms with E-state index in [1.165, 1.54) is 14.7 Å². The maximum absolute atomic E-state index is 9.08. The van der Waals surface area contributed by atoms with E-state index in [1.807, 2.05) is 0 Å². The van der Waals surface area contributed by atoms with Crippen LogP contribution in [0.1, 0.15) is 0 Å². The maximum atomic E-state index is 9.08. The molecule has 25 heavy (non-hydrogen) atoms. The lowest BCUT2D eigenvalue weighted by Crippen LogP contribution is -2.04. The first-order valence-corrected chi connectivity index (χ1v) is 10.3. The minimum Gasteiger partial charge on any atom is -0.748 e. The second-order valence-electron chi connectivity index (χ2n) is 4.95. The molecule has 0 saturated carbocycles. The van der Waals surface area contributed by atoms with E-state index < -0.39 is 10.1 Å². The molecule has 0 amide bonds. The molecule has 3 nitrogen and oxygen atoms in total. The van der Waals surface area contributed by atoms with Crippen LogP contribution in [0, 0.1) is 0 Å². The molecule has 3 aromatic carbocycles. The predicted molar refractivity (Wildman–Crippen MR) is 99.6 cm³/mol. The second kappa shape index (κ2) is 9.98. The Morgan fingerprint density at radius 1 is 0.640 bits per heavy atom. The van der Waals surface area contributed by atoms with Crippen LogP contribution in [0.2, 0.25) is 0 Å². The molecule has 0 spiro atoms. The van der Waals surface area contributed by atoms with E-state index in [2.05, 4.69) is 91.0 Å². The number of hydrogen-bond acceptors (Lipinski definition) is 3. The van der Waals surface area contributed by atoms with Gasteiger partial charge in [0.05, 0.1) is 21.0 Å². The van der Waals surface area contributed by atoms with Crippen molar-refractivity contribution >= 4 is 21.0 Å². The van der Waals surface area contributed by atoms with Crippen LogP contribution in [-0.4, -0.2) is 19.2 Å². The van der Waals surface area contributed by atoms with Crippen LogP contribution < -0.4 is 0 Å². The van der Waals surface area contributed by atoms with Crippen LogP contribution >= 0.6 is 0 Å². The summed E-state index contributed by atoms with van der Waals surface area (Å²) < 4.78 is 27.2. The first-order valence-electron chi connectivity index (χ1n) is 7.25. The number of hydrogen-bond donors (Lipinski definition) is 0. The largest absolute Gasteiger partial charge is 0.748 e. The molecule has 3 rings (SSSR count). The highest BCUT2D eigenvalue weighted by molar-refractivity contribution is 7.97. The summed E-state index contributed by atoms with van der Waals surface area (Å²) in [6.45, 7) is 0. The van der Waals surface area contributed by atoms with Gasteiger partial charge in [0.15, 0.2) is 14.7 Å². The molecule has 6 heteroatoms. The molecular weight excluding hydrogens is 359 g/mol. The molecule has 0 heterocycles. The maximum Gasteiger partial charge on any atom is 0.166 e. The van der Waals surface area contributed by atoms with Crippen molar-refractivity contribution in [3.05, 3.63) is 91.0 Å². The quantitative estimate of drug-likeness (QED) is 0.509. The van der Waals surface area contributed by atoms with Crippen LogP contribution in [-0.2, 0) is 21.0 Å².